The van der Waals surface area contributed by atoms with Crippen LogP contribution in [-0.4, -0.2) is 26.6 Å². The lowest BCUT2D eigenvalue weighted by molar-refractivity contribution is 0.0956. The van der Waals surface area contributed by atoms with Crippen molar-refractivity contribution in [3.63, 3.8) is 0 Å². The number of sulfonamides is 1. The summed E-state index contributed by atoms with van der Waals surface area (Å²) >= 11 is 13.6. The van der Waals surface area contributed by atoms with Crippen molar-refractivity contribution in [1.29, 1.82) is 0 Å². The van der Waals surface area contributed by atoms with Crippen LogP contribution in [-0.2, 0) is 15.8 Å². The number of amides is 1. The number of halogens is 2. The Kier molecular flexibility index (Phi) is 8.26. The van der Waals surface area contributed by atoms with Gasteiger partial charge in [0.15, 0.2) is 0 Å². The highest BCUT2D eigenvalue weighted by Gasteiger charge is 2.14. The van der Waals surface area contributed by atoms with Crippen molar-refractivity contribution >= 4 is 56.6 Å². The molecule has 0 unspecified atom stereocenters. The molecule has 0 aliphatic carbocycles. The van der Waals surface area contributed by atoms with Crippen LogP contribution in [0.4, 0.5) is 5.69 Å². The van der Waals surface area contributed by atoms with Crippen LogP contribution >= 0.6 is 35.0 Å². The second-order valence-electron chi connectivity index (χ2n) is 6.56. The fraction of sp³-hybridized carbons (Fsp3) is 0.136. The fourth-order valence-electron chi connectivity index (χ4n) is 2.70. The molecule has 0 heterocycles. The molecule has 3 aromatic carbocycles. The topological polar surface area (TPSA) is 75.3 Å². The predicted molar refractivity (Wildman–Crippen MR) is 129 cm³/mol. The van der Waals surface area contributed by atoms with Crippen LogP contribution in [0.2, 0.25) is 10.0 Å². The maximum atomic E-state index is 12.5. The van der Waals surface area contributed by atoms with Gasteiger partial charge in [-0.15, -0.1) is 0 Å². The molecule has 0 spiro atoms. The van der Waals surface area contributed by atoms with Crippen molar-refractivity contribution in [3.05, 3.63) is 94.0 Å². The van der Waals surface area contributed by atoms with Crippen LogP contribution in [0.5, 0.6) is 0 Å². The molecule has 0 fully saturated rings. The van der Waals surface area contributed by atoms with Crippen LogP contribution in [0, 0.1) is 0 Å². The highest BCUT2D eigenvalue weighted by Crippen LogP contribution is 2.24. The van der Waals surface area contributed by atoms with E-state index in [1.807, 2.05) is 12.1 Å². The smallest absolute Gasteiger partial charge is 0.261 e. The molecule has 0 atom stereocenters. The first-order valence-electron chi connectivity index (χ1n) is 9.33. The summed E-state index contributed by atoms with van der Waals surface area (Å²) in [5.74, 6) is 1.20. The molecule has 0 aliphatic rings. The van der Waals surface area contributed by atoms with Crippen molar-refractivity contribution in [3.8, 4) is 0 Å². The normalized spacial score (nSPS) is 11.2. The van der Waals surface area contributed by atoms with Gasteiger partial charge < -0.3 is 5.32 Å². The van der Waals surface area contributed by atoms with Gasteiger partial charge in [-0.3, -0.25) is 9.52 Å². The highest BCUT2D eigenvalue weighted by atomic mass is 35.5. The molecule has 0 aliphatic heterocycles. The zero-order valence-electron chi connectivity index (χ0n) is 16.3. The molecule has 0 saturated carbocycles. The highest BCUT2D eigenvalue weighted by molar-refractivity contribution is 7.98. The monoisotopic (exact) mass is 494 g/mol. The van der Waals surface area contributed by atoms with E-state index in [4.69, 9.17) is 23.2 Å². The zero-order chi connectivity index (χ0) is 22.3. The SMILES string of the molecule is O=C(NCCSCc1ccc(Cl)c(Cl)c1)c1cccc(NS(=O)(=O)c2ccccc2)c1. The first-order chi connectivity index (χ1) is 14.8. The van der Waals surface area contributed by atoms with E-state index in [9.17, 15) is 13.2 Å². The van der Waals surface area contributed by atoms with Crippen LogP contribution in [0.15, 0.2) is 77.7 Å². The average molecular weight is 495 g/mol. The Balaban J connectivity index is 1.50. The third kappa shape index (κ3) is 6.90. The summed E-state index contributed by atoms with van der Waals surface area (Å²) in [6.45, 7) is 0.477. The summed E-state index contributed by atoms with van der Waals surface area (Å²) in [6.07, 6.45) is 0. The van der Waals surface area contributed by atoms with Crippen molar-refractivity contribution in [2.75, 3.05) is 17.0 Å². The number of carbonyl (C=O) groups excluding carboxylic acids is 1. The number of benzene rings is 3. The second kappa shape index (κ2) is 10.9. The van der Waals surface area contributed by atoms with Gasteiger partial charge in [-0.05, 0) is 48.0 Å². The lowest BCUT2D eigenvalue weighted by Crippen LogP contribution is -2.26. The van der Waals surface area contributed by atoms with E-state index in [1.165, 1.54) is 18.2 Å². The summed E-state index contributed by atoms with van der Waals surface area (Å²) in [4.78, 5) is 12.6. The molecule has 3 aromatic rings. The third-order valence-electron chi connectivity index (χ3n) is 4.22. The molecule has 5 nitrogen and oxygen atoms in total. The molecule has 0 radical (unpaired) electrons. The molecule has 0 saturated heterocycles. The summed E-state index contributed by atoms with van der Waals surface area (Å²) in [5.41, 5.74) is 1.76. The number of hydrogen-bond acceptors (Lipinski definition) is 4. The molecule has 3 rings (SSSR count). The number of thioether (sulfide) groups is 1. The number of carbonyl (C=O) groups is 1. The minimum atomic E-state index is -3.71. The van der Waals surface area contributed by atoms with Gasteiger partial charge in [0.05, 0.1) is 14.9 Å². The molecule has 2 N–H and O–H groups in total. The predicted octanol–water partition coefficient (Wildman–Crippen LogP) is 5.46. The first-order valence-corrected chi connectivity index (χ1v) is 12.7. The largest absolute Gasteiger partial charge is 0.351 e. The van der Waals surface area contributed by atoms with E-state index in [1.54, 1.807) is 54.2 Å². The number of anilines is 1. The molecule has 31 heavy (non-hydrogen) atoms. The number of hydrogen-bond donors (Lipinski definition) is 2. The lowest BCUT2D eigenvalue weighted by Gasteiger charge is -2.10. The van der Waals surface area contributed by atoms with E-state index in [2.05, 4.69) is 10.0 Å². The zero-order valence-corrected chi connectivity index (χ0v) is 19.5. The Bertz CT molecular complexity index is 1160. The average Bonchev–Trinajstić information content (AvgIpc) is 2.76. The molecule has 0 bridgehead atoms. The van der Waals surface area contributed by atoms with E-state index >= 15 is 0 Å². The fourth-order valence-corrected chi connectivity index (χ4v) is 4.89. The van der Waals surface area contributed by atoms with Crippen molar-refractivity contribution in [2.24, 2.45) is 0 Å². The number of rotatable bonds is 9. The molecule has 0 aromatic heterocycles. The Labute approximate surface area is 196 Å². The summed E-state index contributed by atoms with van der Waals surface area (Å²) in [7, 11) is -3.71. The Hall–Kier alpha value is -2.19. The summed E-state index contributed by atoms with van der Waals surface area (Å²) < 4.78 is 27.4. The van der Waals surface area contributed by atoms with Crippen LogP contribution < -0.4 is 10.0 Å². The Morgan fingerprint density at radius 1 is 0.903 bits per heavy atom. The summed E-state index contributed by atoms with van der Waals surface area (Å²) in [5, 5.41) is 3.89. The van der Waals surface area contributed by atoms with E-state index in [-0.39, 0.29) is 10.8 Å². The summed E-state index contributed by atoms with van der Waals surface area (Å²) in [6, 6.07) is 20.0. The molecular weight excluding hydrogens is 475 g/mol. The van der Waals surface area contributed by atoms with Gasteiger partial charge in [0.1, 0.15) is 0 Å². The maximum absolute atomic E-state index is 12.5. The van der Waals surface area contributed by atoms with Crippen molar-refractivity contribution in [2.45, 2.75) is 10.6 Å². The first kappa shape index (κ1) is 23.5. The van der Waals surface area contributed by atoms with Gasteiger partial charge in [0.25, 0.3) is 15.9 Å². The van der Waals surface area contributed by atoms with Crippen LogP contribution in [0.3, 0.4) is 0 Å². The van der Waals surface area contributed by atoms with Gasteiger partial charge >= 0.3 is 0 Å². The van der Waals surface area contributed by atoms with E-state index in [0.717, 1.165) is 11.3 Å². The van der Waals surface area contributed by atoms with Crippen molar-refractivity contribution in [1.82, 2.24) is 5.32 Å². The Morgan fingerprint density at radius 3 is 2.42 bits per heavy atom. The van der Waals surface area contributed by atoms with E-state index < -0.39 is 10.0 Å². The van der Waals surface area contributed by atoms with Gasteiger partial charge in [-0.25, -0.2) is 8.42 Å². The van der Waals surface area contributed by atoms with Crippen LogP contribution in [0.1, 0.15) is 15.9 Å². The minimum Gasteiger partial charge on any atom is -0.351 e. The van der Waals surface area contributed by atoms with Crippen LogP contribution in [0.25, 0.3) is 0 Å². The Morgan fingerprint density at radius 2 is 1.68 bits per heavy atom. The van der Waals surface area contributed by atoms with Gasteiger partial charge in [0.2, 0.25) is 0 Å². The third-order valence-corrected chi connectivity index (χ3v) is 7.38. The van der Waals surface area contributed by atoms with Gasteiger partial charge in [-0.2, -0.15) is 11.8 Å². The number of nitrogens with one attached hydrogen (secondary N) is 2. The van der Waals surface area contributed by atoms with E-state index in [0.29, 0.717) is 33.6 Å². The van der Waals surface area contributed by atoms with Crippen molar-refractivity contribution < 1.29 is 13.2 Å². The quantitative estimate of drug-likeness (QED) is 0.387. The second-order valence-corrected chi connectivity index (χ2v) is 10.2. The van der Waals surface area contributed by atoms with Gasteiger partial charge in [-0.1, -0.05) is 53.5 Å². The molecule has 9 heteroatoms. The molecule has 162 valence electrons. The standard InChI is InChI=1S/C22H20Cl2N2O3S2/c23-20-10-9-16(13-21(20)24)15-30-12-11-25-22(27)17-5-4-6-18(14-17)26-31(28,29)19-7-2-1-3-8-19/h1-10,13-14,26H,11-12,15H2,(H,25,27). The minimum absolute atomic E-state index is 0.156. The molecule has 1 amide bonds. The lowest BCUT2D eigenvalue weighted by atomic mass is 10.2. The maximum Gasteiger partial charge on any atom is 0.261 e. The molecular formula is C22H20Cl2N2O3S2. The van der Waals surface area contributed by atoms with Gasteiger partial charge in [0, 0.05) is 29.3 Å².